The summed E-state index contributed by atoms with van der Waals surface area (Å²) in [5.74, 6) is 5.56. The molecule has 0 saturated carbocycles. The Labute approximate surface area is 141 Å². The number of carbonyl (C=O) groups is 1. The average molecular weight is 321 g/mol. The van der Waals surface area contributed by atoms with Crippen LogP contribution in [0.15, 0.2) is 48.5 Å². The van der Waals surface area contributed by atoms with Crippen LogP contribution in [0.25, 0.3) is 11.1 Å². The number of carbonyl (C=O) groups excluding carboxylic acids is 1. The normalized spacial score (nSPS) is 11.9. The lowest BCUT2D eigenvalue weighted by Crippen LogP contribution is -2.26. The Kier molecular flexibility index (Phi) is 5.15. The molecule has 2 aromatic carbocycles. The number of ether oxygens (including phenoxy) is 1. The van der Waals surface area contributed by atoms with Gasteiger partial charge in [0, 0.05) is 12.3 Å². The molecule has 0 fully saturated rings. The maximum Gasteiger partial charge on any atom is 0.407 e. The van der Waals surface area contributed by atoms with Gasteiger partial charge in [0.2, 0.25) is 0 Å². The van der Waals surface area contributed by atoms with Gasteiger partial charge in [-0.15, -0.1) is 0 Å². The first-order valence-electron chi connectivity index (χ1n) is 7.96. The molecule has 0 radical (unpaired) electrons. The predicted octanol–water partition coefficient (Wildman–Crippen LogP) is 2.91. The number of aliphatic hydroxyl groups excluding tert-OH is 1. The number of hydrogen-bond acceptors (Lipinski definition) is 3. The maximum absolute atomic E-state index is 11.8. The topological polar surface area (TPSA) is 58.6 Å². The monoisotopic (exact) mass is 321 g/mol. The number of nitrogens with one attached hydrogen (secondary N) is 1. The van der Waals surface area contributed by atoms with E-state index in [1.165, 1.54) is 22.3 Å². The van der Waals surface area contributed by atoms with Crippen molar-refractivity contribution >= 4 is 6.09 Å². The van der Waals surface area contributed by atoms with Crippen LogP contribution in [-0.4, -0.2) is 31.0 Å². The summed E-state index contributed by atoms with van der Waals surface area (Å²) in [6.45, 7) is 0.540. The van der Waals surface area contributed by atoms with E-state index in [0.717, 1.165) is 0 Å². The zero-order valence-corrected chi connectivity index (χ0v) is 13.3. The molecule has 2 aromatic rings. The highest BCUT2D eigenvalue weighted by atomic mass is 16.5. The number of fused-ring (bicyclic) bond motifs is 3. The molecule has 0 bridgehead atoms. The van der Waals surface area contributed by atoms with Crippen molar-refractivity contribution in [3.05, 3.63) is 59.7 Å². The lowest BCUT2D eigenvalue weighted by molar-refractivity contribution is 0.144. The molecule has 1 aliphatic rings. The first-order chi connectivity index (χ1) is 11.8. The van der Waals surface area contributed by atoms with Crippen molar-refractivity contribution in [3.8, 4) is 23.0 Å². The van der Waals surface area contributed by atoms with Gasteiger partial charge in [0.1, 0.15) is 6.61 Å². The van der Waals surface area contributed by atoms with Gasteiger partial charge >= 0.3 is 6.09 Å². The fourth-order valence-corrected chi connectivity index (χ4v) is 2.97. The van der Waals surface area contributed by atoms with Gasteiger partial charge in [0.15, 0.2) is 0 Å². The molecule has 4 heteroatoms. The van der Waals surface area contributed by atoms with Crippen LogP contribution in [0.2, 0.25) is 0 Å². The van der Waals surface area contributed by atoms with Crippen LogP contribution in [0.5, 0.6) is 0 Å². The quantitative estimate of drug-likeness (QED) is 0.851. The summed E-state index contributed by atoms with van der Waals surface area (Å²) in [5.41, 5.74) is 4.79. The molecule has 0 heterocycles. The molecule has 2 N–H and O–H groups in total. The molecule has 24 heavy (non-hydrogen) atoms. The fourth-order valence-electron chi connectivity index (χ4n) is 2.97. The largest absolute Gasteiger partial charge is 0.449 e. The highest BCUT2D eigenvalue weighted by Crippen LogP contribution is 2.44. The van der Waals surface area contributed by atoms with Crippen LogP contribution in [-0.2, 0) is 4.74 Å². The summed E-state index contributed by atoms with van der Waals surface area (Å²) in [7, 11) is 0. The molecule has 0 aromatic heterocycles. The Morgan fingerprint density at radius 1 is 1.04 bits per heavy atom. The van der Waals surface area contributed by atoms with E-state index < -0.39 is 6.09 Å². The molecule has 3 rings (SSSR count). The van der Waals surface area contributed by atoms with Crippen molar-refractivity contribution in [1.82, 2.24) is 5.32 Å². The average Bonchev–Trinajstić information content (AvgIpc) is 2.94. The van der Waals surface area contributed by atoms with Gasteiger partial charge < -0.3 is 15.2 Å². The van der Waals surface area contributed by atoms with Crippen molar-refractivity contribution in [3.63, 3.8) is 0 Å². The van der Waals surface area contributed by atoms with E-state index in [1.807, 2.05) is 24.3 Å². The third kappa shape index (κ3) is 3.42. The van der Waals surface area contributed by atoms with Gasteiger partial charge in [0.25, 0.3) is 0 Å². The second-order valence-electron chi connectivity index (χ2n) is 5.51. The minimum absolute atomic E-state index is 0.0257. The Balaban J connectivity index is 1.64. The van der Waals surface area contributed by atoms with E-state index in [4.69, 9.17) is 9.84 Å². The Bertz CT molecular complexity index is 743. The molecule has 4 nitrogen and oxygen atoms in total. The first kappa shape index (κ1) is 16.1. The minimum atomic E-state index is -0.477. The molecule has 1 amide bonds. The maximum atomic E-state index is 11.8. The number of alkyl carbamates (subject to hydrolysis) is 1. The van der Waals surface area contributed by atoms with Crippen molar-refractivity contribution in [2.75, 3.05) is 19.8 Å². The van der Waals surface area contributed by atoms with E-state index in [1.54, 1.807) is 0 Å². The number of rotatable bonds is 4. The van der Waals surface area contributed by atoms with E-state index in [2.05, 4.69) is 41.4 Å². The van der Waals surface area contributed by atoms with Crippen LogP contribution >= 0.6 is 0 Å². The van der Waals surface area contributed by atoms with Crippen molar-refractivity contribution < 1.29 is 14.6 Å². The fraction of sp³-hybridized carbons (Fsp3) is 0.250. The third-order valence-electron chi connectivity index (χ3n) is 4.03. The van der Waals surface area contributed by atoms with Gasteiger partial charge in [-0.3, -0.25) is 0 Å². The molecule has 0 aliphatic heterocycles. The van der Waals surface area contributed by atoms with Crippen LogP contribution in [0, 0.1) is 11.8 Å². The summed E-state index contributed by atoms with van der Waals surface area (Å²) >= 11 is 0. The molecule has 0 unspecified atom stereocenters. The molecule has 0 spiro atoms. The SMILES string of the molecule is O=C(NCC#CCCO)OCC1c2ccccc2-c2ccccc21. The van der Waals surface area contributed by atoms with Crippen LogP contribution < -0.4 is 5.32 Å². The summed E-state index contributed by atoms with van der Waals surface area (Å²) in [5, 5.41) is 11.2. The zero-order valence-electron chi connectivity index (χ0n) is 13.3. The van der Waals surface area contributed by atoms with Gasteiger partial charge in [-0.1, -0.05) is 60.4 Å². The number of benzene rings is 2. The molecule has 122 valence electrons. The smallest absolute Gasteiger partial charge is 0.407 e. The summed E-state index contributed by atoms with van der Waals surface area (Å²) in [4.78, 5) is 11.8. The highest BCUT2D eigenvalue weighted by Gasteiger charge is 2.28. The second-order valence-corrected chi connectivity index (χ2v) is 5.51. The molecule has 1 aliphatic carbocycles. The Hall–Kier alpha value is -2.77. The van der Waals surface area contributed by atoms with E-state index in [0.29, 0.717) is 13.0 Å². The predicted molar refractivity (Wildman–Crippen MR) is 92.6 cm³/mol. The number of hydrogen-bond donors (Lipinski definition) is 2. The lowest BCUT2D eigenvalue weighted by atomic mass is 9.98. The van der Waals surface area contributed by atoms with E-state index >= 15 is 0 Å². The van der Waals surface area contributed by atoms with E-state index in [-0.39, 0.29) is 19.1 Å². The van der Waals surface area contributed by atoms with Crippen molar-refractivity contribution in [2.24, 2.45) is 0 Å². The minimum Gasteiger partial charge on any atom is -0.449 e. The highest BCUT2D eigenvalue weighted by molar-refractivity contribution is 5.79. The second kappa shape index (κ2) is 7.67. The zero-order chi connectivity index (χ0) is 16.8. The molecule has 0 atom stereocenters. The molecular weight excluding hydrogens is 302 g/mol. The summed E-state index contributed by atoms with van der Waals surface area (Å²) < 4.78 is 5.38. The Morgan fingerprint density at radius 2 is 1.67 bits per heavy atom. The number of amides is 1. The van der Waals surface area contributed by atoms with E-state index in [9.17, 15) is 4.79 Å². The standard InChI is InChI=1S/C20H19NO3/c22-13-7-1-6-12-21-20(23)24-14-19-17-10-4-2-8-15(17)16-9-3-5-11-18(16)19/h2-5,8-11,19,22H,7,12-14H2,(H,21,23). The van der Waals surface area contributed by atoms with Crippen LogP contribution in [0.4, 0.5) is 4.79 Å². The number of aliphatic hydroxyl groups is 1. The van der Waals surface area contributed by atoms with Crippen LogP contribution in [0.1, 0.15) is 23.5 Å². The molecular formula is C20H19NO3. The van der Waals surface area contributed by atoms with Crippen molar-refractivity contribution in [2.45, 2.75) is 12.3 Å². The summed E-state index contributed by atoms with van der Waals surface area (Å²) in [6.07, 6.45) is -0.0676. The van der Waals surface area contributed by atoms with Crippen LogP contribution in [0.3, 0.4) is 0 Å². The Morgan fingerprint density at radius 3 is 2.29 bits per heavy atom. The third-order valence-corrected chi connectivity index (χ3v) is 4.03. The lowest BCUT2D eigenvalue weighted by Gasteiger charge is -2.14. The van der Waals surface area contributed by atoms with Gasteiger partial charge in [0.05, 0.1) is 13.2 Å². The summed E-state index contributed by atoms with van der Waals surface area (Å²) in [6, 6.07) is 16.4. The van der Waals surface area contributed by atoms with Crippen molar-refractivity contribution in [1.29, 1.82) is 0 Å². The molecule has 0 saturated heterocycles. The van der Waals surface area contributed by atoms with Gasteiger partial charge in [-0.2, -0.15) is 0 Å². The van der Waals surface area contributed by atoms with Gasteiger partial charge in [-0.05, 0) is 22.3 Å². The first-order valence-corrected chi connectivity index (χ1v) is 7.96. The van der Waals surface area contributed by atoms with Gasteiger partial charge in [-0.25, -0.2) is 4.79 Å².